The fraction of sp³-hybridized carbons (Fsp3) is 0.500. The summed E-state index contributed by atoms with van der Waals surface area (Å²) in [6, 6.07) is 6.74. The monoisotopic (exact) mass is 371 g/mol. The van der Waals surface area contributed by atoms with E-state index in [1.807, 2.05) is 26.0 Å². The third-order valence-electron chi connectivity index (χ3n) is 2.99. The number of rotatable bonds is 9. The van der Waals surface area contributed by atoms with Crippen LogP contribution in [0.25, 0.3) is 0 Å². The molecule has 0 saturated carbocycles. The van der Waals surface area contributed by atoms with Crippen molar-refractivity contribution in [1.82, 2.24) is 5.32 Å². The van der Waals surface area contributed by atoms with Crippen LogP contribution in [0.3, 0.4) is 0 Å². The van der Waals surface area contributed by atoms with Crippen molar-refractivity contribution in [2.75, 3.05) is 6.61 Å². The molecule has 0 saturated heterocycles. The van der Waals surface area contributed by atoms with Crippen LogP contribution in [0.1, 0.15) is 44.7 Å². The zero-order valence-corrected chi connectivity index (χ0v) is 14.4. The highest BCUT2D eigenvalue weighted by molar-refractivity contribution is 9.10. The molecule has 0 spiro atoms. The van der Waals surface area contributed by atoms with Crippen molar-refractivity contribution < 1.29 is 19.4 Å². The van der Waals surface area contributed by atoms with Gasteiger partial charge in [0.2, 0.25) is 5.91 Å². The van der Waals surface area contributed by atoms with Gasteiger partial charge in [-0.25, -0.2) is 0 Å². The number of benzene rings is 1. The lowest BCUT2D eigenvalue weighted by molar-refractivity contribution is -0.137. The normalized spacial score (nSPS) is 12.2. The van der Waals surface area contributed by atoms with Crippen LogP contribution in [0.5, 0.6) is 0 Å². The van der Waals surface area contributed by atoms with Gasteiger partial charge in [0.1, 0.15) is 0 Å². The number of amides is 1. The molecular formula is C16H22BrNO4. The first-order chi connectivity index (χ1) is 10.4. The summed E-state index contributed by atoms with van der Waals surface area (Å²) in [6.45, 7) is 4.40. The van der Waals surface area contributed by atoms with Gasteiger partial charge in [-0.1, -0.05) is 28.1 Å². The van der Waals surface area contributed by atoms with Gasteiger partial charge in [0.05, 0.1) is 18.6 Å². The Morgan fingerprint density at radius 1 is 1.27 bits per heavy atom. The topological polar surface area (TPSA) is 75.6 Å². The molecule has 0 radical (unpaired) electrons. The van der Waals surface area contributed by atoms with Crippen molar-refractivity contribution in [3.63, 3.8) is 0 Å². The third-order valence-corrected chi connectivity index (χ3v) is 3.51. The zero-order chi connectivity index (χ0) is 16.5. The lowest BCUT2D eigenvalue weighted by atomic mass is 10.0. The molecule has 0 aliphatic rings. The maximum absolute atomic E-state index is 12.0. The van der Waals surface area contributed by atoms with Crippen molar-refractivity contribution in [3.8, 4) is 0 Å². The number of carboxylic acids is 1. The first-order valence-electron chi connectivity index (χ1n) is 7.26. The fourth-order valence-electron chi connectivity index (χ4n) is 1.94. The van der Waals surface area contributed by atoms with E-state index in [2.05, 4.69) is 21.2 Å². The van der Waals surface area contributed by atoms with Gasteiger partial charge in [-0.2, -0.15) is 0 Å². The van der Waals surface area contributed by atoms with Gasteiger partial charge in [0, 0.05) is 17.5 Å². The molecule has 0 fully saturated rings. The minimum atomic E-state index is -0.948. The van der Waals surface area contributed by atoms with Crippen LogP contribution in [0.2, 0.25) is 0 Å². The molecule has 22 heavy (non-hydrogen) atoms. The number of aliphatic carboxylic acids is 1. The van der Waals surface area contributed by atoms with E-state index < -0.39 is 12.0 Å². The SMILES string of the molecule is CC(C)OCCCC(=O)NC(CC(=O)O)c1ccc(Br)cc1. The molecular weight excluding hydrogens is 350 g/mol. The van der Waals surface area contributed by atoms with Crippen molar-refractivity contribution in [2.45, 2.75) is 45.3 Å². The number of halogens is 1. The highest BCUT2D eigenvalue weighted by atomic mass is 79.9. The summed E-state index contributed by atoms with van der Waals surface area (Å²) in [4.78, 5) is 22.9. The largest absolute Gasteiger partial charge is 0.481 e. The summed E-state index contributed by atoms with van der Waals surface area (Å²) in [7, 11) is 0. The van der Waals surface area contributed by atoms with Crippen LogP contribution in [0.15, 0.2) is 28.7 Å². The fourth-order valence-corrected chi connectivity index (χ4v) is 2.20. The third kappa shape index (κ3) is 7.56. The second-order valence-corrected chi connectivity index (χ2v) is 6.21. The van der Waals surface area contributed by atoms with Crippen molar-refractivity contribution in [2.24, 2.45) is 0 Å². The first kappa shape index (κ1) is 18.6. The molecule has 1 amide bonds. The molecule has 1 unspecified atom stereocenters. The van der Waals surface area contributed by atoms with Gasteiger partial charge in [-0.15, -0.1) is 0 Å². The molecule has 0 aliphatic carbocycles. The van der Waals surface area contributed by atoms with Gasteiger partial charge in [-0.05, 0) is 38.0 Å². The Bertz CT molecular complexity index is 487. The van der Waals surface area contributed by atoms with E-state index in [1.165, 1.54) is 0 Å². The van der Waals surface area contributed by atoms with Crippen LogP contribution >= 0.6 is 15.9 Å². The predicted molar refractivity (Wildman–Crippen MR) is 87.6 cm³/mol. The Hall–Kier alpha value is -1.40. The first-order valence-corrected chi connectivity index (χ1v) is 8.06. The van der Waals surface area contributed by atoms with Gasteiger partial charge in [-0.3, -0.25) is 9.59 Å². The number of carboxylic acid groups (broad SMARTS) is 1. The minimum Gasteiger partial charge on any atom is -0.481 e. The predicted octanol–water partition coefficient (Wildman–Crippen LogP) is 3.29. The average molecular weight is 372 g/mol. The Labute approximate surface area is 139 Å². The molecule has 0 bridgehead atoms. The van der Waals surface area contributed by atoms with Crippen LogP contribution in [-0.4, -0.2) is 29.7 Å². The highest BCUT2D eigenvalue weighted by Crippen LogP contribution is 2.20. The molecule has 1 atom stereocenters. The zero-order valence-electron chi connectivity index (χ0n) is 12.8. The Kier molecular flexibility index (Phi) is 8.12. The van der Waals surface area contributed by atoms with Crippen LogP contribution in [0.4, 0.5) is 0 Å². The molecule has 5 nitrogen and oxygen atoms in total. The van der Waals surface area contributed by atoms with Crippen molar-refractivity contribution >= 4 is 27.8 Å². The number of carbonyl (C=O) groups excluding carboxylic acids is 1. The van der Waals surface area contributed by atoms with E-state index in [0.29, 0.717) is 19.4 Å². The van der Waals surface area contributed by atoms with Gasteiger partial charge < -0.3 is 15.2 Å². The molecule has 1 rings (SSSR count). The molecule has 0 aliphatic heterocycles. The minimum absolute atomic E-state index is 0.143. The number of hydrogen-bond donors (Lipinski definition) is 2. The summed E-state index contributed by atoms with van der Waals surface area (Å²) < 4.78 is 6.29. The standard InChI is InChI=1S/C16H22BrNO4/c1-11(2)22-9-3-4-15(19)18-14(10-16(20)21)12-5-7-13(17)8-6-12/h5-8,11,14H,3-4,9-10H2,1-2H3,(H,18,19)(H,20,21). The van der Waals surface area contributed by atoms with Crippen LogP contribution in [0, 0.1) is 0 Å². The van der Waals surface area contributed by atoms with Gasteiger partial charge in [0.15, 0.2) is 0 Å². The lowest BCUT2D eigenvalue weighted by Crippen LogP contribution is -2.30. The summed E-state index contributed by atoms with van der Waals surface area (Å²) in [5, 5.41) is 11.8. The van der Waals surface area contributed by atoms with E-state index in [9.17, 15) is 9.59 Å². The van der Waals surface area contributed by atoms with E-state index >= 15 is 0 Å². The lowest BCUT2D eigenvalue weighted by Gasteiger charge is -2.18. The summed E-state index contributed by atoms with van der Waals surface area (Å²) >= 11 is 3.33. The number of ether oxygens (including phenoxy) is 1. The summed E-state index contributed by atoms with van der Waals surface area (Å²) in [6.07, 6.45) is 0.935. The molecule has 1 aromatic rings. The maximum atomic E-state index is 12.0. The Morgan fingerprint density at radius 3 is 2.45 bits per heavy atom. The van der Waals surface area contributed by atoms with E-state index in [0.717, 1.165) is 10.0 Å². The van der Waals surface area contributed by atoms with Gasteiger partial charge >= 0.3 is 5.97 Å². The van der Waals surface area contributed by atoms with Crippen molar-refractivity contribution in [1.29, 1.82) is 0 Å². The summed E-state index contributed by atoms with van der Waals surface area (Å²) in [5.41, 5.74) is 0.775. The van der Waals surface area contributed by atoms with E-state index in [-0.39, 0.29) is 18.4 Å². The van der Waals surface area contributed by atoms with Crippen molar-refractivity contribution in [3.05, 3.63) is 34.3 Å². The Morgan fingerprint density at radius 2 is 1.91 bits per heavy atom. The van der Waals surface area contributed by atoms with Crippen LogP contribution in [-0.2, 0) is 14.3 Å². The van der Waals surface area contributed by atoms with E-state index in [1.54, 1.807) is 12.1 Å². The molecule has 0 aromatic heterocycles. The molecule has 1 aromatic carbocycles. The molecule has 6 heteroatoms. The van der Waals surface area contributed by atoms with Crippen LogP contribution < -0.4 is 5.32 Å². The number of carbonyl (C=O) groups is 2. The second-order valence-electron chi connectivity index (χ2n) is 5.29. The second kappa shape index (κ2) is 9.58. The van der Waals surface area contributed by atoms with E-state index in [4.69, 9.17) is 9.84 Å². The van der Waals surface area contributed by atoms with Gasteiger partial charge in [0.25, 0.3) is 0 Å². The number of hydrogen-bond acceptors (Lipinski definition) is 3. The Balaban J connectivity index is 2.55. The summed E-state index contributed by atoms with van der Waals surface area (Å²) in [5.74, 6) is -1.11. The molecule has 2 N–H and O–H groups in total. The molecule has 122 valence electrons. The number of nitrogens with one attached hydrogen (secondary N) is 1. The smallest absolute Gasteiger partial charge is 0.305 e. The molecule has 0 heterocycles. The quantitative estimate of drug-likeness (QED) is 0.653. The average Bonchev–Trinajstić information content (AvgIpc) is 2.43. The highest BCUT2D eigenvalue weighted by Gasteiger charge is 2.17. The maximum Gasteiger partial charge on any atom is 0.305 e.